The van der Waals surface area contributed by atoms with Crippen LogP contribution in [-0.2, 0) is 4.74 Å². The molecule has 1 atom stereocenters. The summed E-state index contributed by atoms with van der Waals surface area (Å²) in [5.74, 6) is 0.338. The maximum absolute atomic E-state index is 13.0. The van der Waals surface area contributed by atoms with E-state index in [0.717, 1.165) is 38.3 Å². The summed E-state index contributed by atoms with van der Waals surface area (Å²) in [6.45, 7) is 2.56. The van der Waals surface area contributed by atoms with Gasteiger partial charge in [0.25, 0.3) is 0 Å². The zero-order valence-electron chi connectivity index (χ0n) is 9.21. The van der Waals surface area contributed by atoms with Crippen LogP contribution in [0.15, 0.2) is 18.2 Å². The van der Waals surface area contributed by atoms with Crippen LogP contribution in [0.3, 0.4) is 0 Å². The van der Waals surface area contributed by atoms with Crippen LogP contribution in [0.25, 0.3) is 0 Å². The van der Waals surface area contributed by atoms with Crippen LogP contribution in [0.5, 0.6) is 0 Å². The lowest BCUT2D eigenvalue weighted by Crippen LogP contribution is -2.09. The van der Waals surface area contributed by atoms with Gasteiger partial charge in [0.2, 0.25) is 0 Å². The monoisotopic (exact) mass is 224 g/mol. The van der Waals surface area contributed by atoms with Crippen LogP contribution in [0.2, 0.25) is 0 Å². The van der Waals surface area contributed by atoms with Crippen molar-refractivity contribution in [1.29, 1.82) is 0 Å². The maximum atomic E-state index is 13.0. The van der Waals surface area contributed by atoms with Gasteiger partial charge in [-0.2, -0.15) is 0 Å². The van der Waals surface area contributed by atoms with Crippen molar-refractivity contribution in [2.24, 2.45) is 5.92 Å². The van der Waals surface area contributed by atoms with E-state index in [1.807, 2.05) is 0 Å². The van der Waals surface area contributed by atoms with Crippen molar-refractivity contribution < 1.29 is 9.13 Å². The van der Waals surface area contributed by atoms with Crippen LogP contribution < -0.4 is 11.1 Å². The highest BCUT2D eigenvalue weighted by molar-refractivity contribution is 5.54. The molecule has 0 bridgehead atoms. The molecule has 2 rings (SSSR count). The molecule has 88 valence electrons. The zero-order chi connectivity index (χ0) is 11.4. The van der Waals surface area contributed by atoms with Crippen molar-refractivity contribution in [3.63, 3.8) is 0 Å². The summed E-state index contributed by atoms with van der Waals surface area (Å²) in [5.41, 5.74) is 6.75. The smallest absolute Gasteiger partial charge is 0.127 e. The summed E-state index contributed by atoms with van der Waals surface area (Å²) >= 11 is 0. The molecular weight excluding hydrogens is 207 g/mol. The molecule has 1 aromatic rings. The summed E-state index contributed by atoms with van der Waals surface area (Å²) in [5, 5.41) is 3.18. The van der Waals surface area contributed by atoms with Gasteiger partial charge in [0.05, 0.1) is 0 Å². The van der Waals surface area contributed by atoms with E-state index < -0.39 is 0 Å². The average Bonchev–Trinajstić information content (AvgIpc) is 2.69. The number of rotatable bonds is 4. The molecule has 1 unspecified atom stereocenters. The molecule has 4 heteroatoms. The van der Waals surface area contributed by atoms with Crippen LogP contribution in [-0.4, -0.2) is 19.8 Å². The molecule has 16 heavy (non-hydrogen) atoms. The van der Waals surface area contributed by atoms with Crippen molar-refractivity contribution in [1.82, 2.24) is 0 Å². The predicted octanol–water partition coefficient (Wildman–Crippen LogP) is 2.25. The molecule has 0 aliphatic carbocycles. The van der Waals surface area contributed by atoms with Crippen molar-refractivity contribution in [3.8, 4) is 0 Å². The number of halogens is 1. The first kappa shape index (κ1) is 11.2. The SMILES string of the molecule is Nc1cc(F)cc(NCCC2CCOC2)c1. The van der Waals surface area contributed by atoms with E-state index in [0.29, 0.717) is 11.6 Å². The highest BCUT2D eigenvalue weighted by Crippen LogP contribution is 2.18. The van der Waals surface area contributed by atoms with E-state index in [1.165, 1.54) is 12.1 Å². The van der Waals surface area contributed by atoms with Gasteiger partial charge < -0.3 is 15.8 Å². The quantitative estimate of drug-likeness (QED) is 0.771. The first-order chi connectivity index (χ1) is 7.74. The van der Waals surface area contributed by atoms with Crippen molar-refractivity contribution in [3.05, 3.63) is 24.0 Å². The third kappa shape index (κ3) is 3.10. The fourth-order valence-electron chi connectivity index (χ4n) is 1.95. The minimum atomic E-state index is -0.299. The molecular formula is C12H17FN2O. The van der Waals surface area contributed by atoms with E-state index in [-0.39, 0.29) is 5.82 Å². The number of anilines is 2. The molecule has 0 amide bonds. The van der Waals surface area contributed by atoms with Gasteiger partial charge >= 0.3 is 0 Å². The van der Waals surface area contributed by atoms with Crippen molar-refractivity contribution in [2.75, 3.05) is 30.8 Å². The highest BCUT2D eigenvalue weighted by atomic mass is 19.1. The Kier molecular flexibility index (Phi) is 3.62. The van der Waals surface area contributed by atoms with E-state index >= 15 is 0 Å². The van der Waals surface area contributed by atoms with E-state index in [9.17, 15) is 4.39 Å². The van der Waals surface area contributed by atoms with Crippen LogP contribution >= 0.6 is 0 Å². The van der Waals surface area contributed by atoms with Gasteiger partial charge in [-0.25, -0.2) is 4.39 Å². The summed E-state index contributed by atoms with van der Waals surface area (Å²) in [6.07, 6.45) is 2.18. The Labute approximate surface area is 94.8 Å². The average molecular weight is 224 g/mol. The summed E-state index contributed by atoms with van der Waals surface area (Å²) in [7, 11) is 0. The molecule has 1 heterocycles. The molecule has 1 aliphatic heterocycles. The Morgan fingerprint density at radius 2 is 2.31 bits per heavy atom. The van der Waals surface area contributed by atoms with Gasteiger partial charge in [-0.15, -0.1) is 0 Å². The topological polar surface area (TPSA) is 47.3 Å². The Morgan fingerprint density at radius 1 is 1.44 bits per heavy atom. The summed E-state index contributed by atoms with van der Waals surface area (Å²) in [6, 6.07) is 4.52. The highest BCUT2D eigenvalue weighted by Gasteiger charge is 2.14. The number of nitrogens with one attached hydrogen (secondary N) is 1. The number of hydrogen-bond donors (Lipinski definition) is 2. The molecule has 0 radical (unpaired) electrons. The molecule has 1 aromatic carbocycles. The molecule has 1 aliphatic rings. The van der Waals surface area contributed by atoms with Gasteiger partial charge in [-0.05, 0) is 37.0 Å². The fourth-order valence-corrected chi connectivity index (χ4v) is 1.95. The van der Waals surface area contributed by atoms with Crippen LogP contribution in [0.4, 0.5) is 15.8 Å². The summed E-state index contributed by atoms with van der Waals surface area (Å²) < 4.78 is 18.3. The molecule has 0 spiro atoms. The van der Waals surface area contributed by atoms with Crippen LogP contribution in [0, 0.1) is 11.7 Å². The third-order valence-electron chi connectivity index (χ3n) is 2.83. The normalized spacial score (nSPS) is 19.9. The first-order valence-corrected chi connectivity index (χ1v) is 5.62. The van der Waals surface area contributed by atoms with Crippen molar-refractivity contribution >= 4 is 11.4 Å². The second-order valence-electron chi connectivity index (χ2n) is 4.22. The molecule has 1 saturated heterocycles. The van der Waals surface area contributed by atoms with Gasteiger partial charge in [-0.3, -0.25) is 0 Å². The zero-order valence-corrected chi connectivity index (χ0v) is 9.21. The van der Waals surface area contributed by atoms with E-state index in [2.05, 4.69) is 5.32 Å². The lowest BCUT2D eigenvalue weighted by atomic mass is 10.1. The lowest BCUT2D eigenvalue weighted by Gasteiger charge is -2.10. The number of nitrogen functional groups attached to an aromatic ring is 1. The van der Waals surface area contributed by atoms with Gasteiger partial charge in [0.1, 0.15) is 5.82 Å². The Bertz CT molecular complexity index is 331. The first-order valence-electron chi connectivity index (χ1n) is 5.62. The Morgan fingerprint density at radius 3 is 3.00 bits per heavy atom. The number of ether oxygens (including phenoxy) is 1. The molecule has 3 nitrogen and oxygen atoms in total. The minimum Gasteiger partial charge on any atom is -0.399 e. The molecule has 0 aromatic heterocycles. The van der Waals surface area contributed by atoms with Gasteiger partial charge in [-0.1, -0.05) is 0 Å². The third-order valence-corrected chi connectivity index (χ3v) is 2.83. The second-order valence-corrected chi connectivity index (χ2v) is 4.22. The maximum Gasteiger partial charge on any atom is 0.127 e. The standard InChI is InChI=1S/C12H17FN2O/c13-10-5-11(14)7-12(6-10)15-3-1-9-2-4-16-8-9/h5-7,9,15H,1-4,8,14H2. The van der Waals surface area contributed by atoms with Crippen LogP contribution in [0.1, 0.15) is 12.8 Å². The predicted molar refractivity (Wildman–Crippen MR) is 62.8 cm³/mol. The van der Waals surface area contributed by atoms with E-state index in [1.54, 1.807) is 6.07 Å². The minimum absolute atomic E-state index is 0.299. The Hall–Kier alpha value is -1.29. The van der Waals surface area contributed by atoms with Crippen molar-refractivity contribution in [2.45, 2.75) is 12.8 Å². The van der Waals surface area contributed by atoms with Gasteiger partial charge in [0.15, 0.2) is 0 Å². The fraction of sp³-hybridized carbons (Fsp3) is 0.500. The summed E-state index contributed by atoms with van der Waals surface area (Å²) in [4.78, 5) is 0. The molecule has 0 saturated carbocycles. The largest absolute Gasteiger partial charge is 0.399 e. The van der Waals surface area contributed by atoms with E-state index in [4.69, 9.17) is 10.5 Å². The number of hydrogen-bond acceptors (Lipinski definition) is 3. The lowest BCUT2D eigenvalue weighted by molar-refractivity contribution is 0.185. The molecule has 3 N–H and O–H groups in total. The number of benzene rings is 1. The van der Waals surface area contributed by atoms with Gasteiger partial charge in [0, 0.05) is 31.1 Å². The Balaban J connectivity index is 1.80. The second kappa shape index (κ2) is 5.16. The number of nitrogens with two attached hydrogens (primary N) is 1. The molecule has 1 fully saturated rings.